The maximum absolute atomic E-state index is 11.4. The van der Waals surface area contributed by atoms with Crippen molar-refractivity contribution in [2.75, 3.05) is 0 Å². The summed E-state index contributed by atoms with van der Waals surface area (Å²) in [5.74, 6) is 0.596. The summed E-state index contributed by atoms with van der Waals surface area (Å²) in [5, 5.41) is 2.11. The van der Waals surface area contributed by atoms with E-state index in [1.165, 1.54) is 0 Å². The molecule has 0 heterocycles. The summed E-state index contributed by atoms with van der Waals surface area (Å²) < 4.78 is 0. The maximum atomic E-state index is 11.4. The average Bonchev–Trinajstić information content (AvgIpc) is 2.09. The van der Waals surface area contributed by atoms with Crippen LogP contribution in [0.2, 0.25) is 0 Å². The summed E-state index contributed by atoms with van der Waals surface area (Å²) in [5.41, 5.74) is 3.15. The van der Waals surface area contributed by atoms with Crippen molar-refractivity contribution in [3.8, 4) is 0 Å². The highest BCUT2D eigenvalue weighted by Gasteiger charge is 2.10. The number of rotatable bonds is 7. The first kappa shape index (κ1) is 15.2. The van der Waals surface area contributed by atoms with Gasteiger partial charge in [-0.15, -0.1) is 0 Å². The summed E-state index contributed by atoms with van der Waals surface area (Å²) in [6.07, 6.45) is 3.98. The van der Waals surface area contributed by atoms with E-state index >= 15 is 0 Å². The summed E-state index contributed by atoms with van der Waals surface area (Å²) in [6, 6.07) is 0.815. The van der Waals surface area contributed by atoms with Crippen molar-refractivity contribution in [2.45, 2.75) is 60.0 Å². The molecular formula is C13H26N2O. The Morgan fingerprint density at radius 2 is 1.62 bits per heavy atom. The largest absolute Gasteiger partial charge is 0.326 e. The number of carbonyl (C=O) groups is 1. The normalized spacial score (nSPS) is 12.4. The fraction of sp³-hybridized carbons (Fsp3) is 0.769. The van der Waals surface area contributed by atoms with Crippen LogP contribution >= 0.6 is 0 Å². The van der Waals surface area contributed by atoms with E-state index in [4.69, 9.17) is 0 Å². The van der Waals surface area contributed by atoms with Crippen LogP contribution in [-0.4, -0.2) is 22.9 Å². The number of hydrazine groups is 1. The highest BCUT2D eigenvalue weighted by molar-refractivity contribution is 5.89. The average molecular weight is 226 g/mol. The lowest BCUT2D eigenvalue weighted by Crippen LogP contribution is -2.44. The number of ketones is 1. The quantitative estimate of drug-likeness (QED) is 0.535. The van der Waals surface area contributed by atoms with Crippen molar-refractivity contribution < 1.29 is 4.79 Å². The summed E-state index contributed by atoms with van der Waals surface area (Å²) in [4.78, 5) is 11.4. The molecule has 3 heteroatoms. The van der Waals surface area contributed by atoms with Crippen molar-refractivity contribution in [3.05, 3.63) is 12.3 Å². The van der Waals surface area contributed by atoms with Gasteiger partial charge in [-0.1, -0.05) is 13.8 Å². The van der Waals surface area contributed by atoms with Crippen LogP contribution in [-0.2, 0) is 4.79 Å². The lowest BCUT2D eigenvalue weighted by atomic mass is 10.1. The minimum atomic E-state index is 0.176. The fourth-order valence-corrected chi connectivity index (χ4v) is 1.58. The van der Waals surface area contributed by atoms with E-state index in [9.17, 15) is 4.79 Å². The molecule has 94 valence electrons. The highest BCUT2D eigenvalue weighted by Crippen LogP contribution is 2.02. The van der Waals surface area contributed by atoms with E-state index in [0.717, 1.165) is 0 Å². The van der Waals surface area contributed by atoms with E-state index in [0.29, 0.717) is 24.4 Å². The van der Waals surface area contributed by atoms with Crippen LogP contribution in [0.1, 0.15) is 48.0 Å². The van der Waals surface area contributed by atoms with Gasteiger partial charge in [0.05, 0.1) is 0 Å². The molecule has 0 aromatic heterocycles. The molecule has 16 heavy (non-hydrogen) atoms. The Labute approximate surface area is 99.9 Å². The van der Waals surface area contributed by atoms with Gasteiger partial charge in [-0.05, 0) is 39.7 Å². The molecule has 0 rings (SSSR count). The van der Waals surface area contributed by atoms with E-state index in [1.54, 1.807) is 12.3 Å². The number of hydrogen-bond donors (Lipinski definition) is 1. The number of carbonyl (C=O) groups excluding carboxylic acids is 1. The number of nitrogens with zero attached hydrogens (tertiary/aromatic N) is 1. The van der Waals surface area contributed by atoms with Crippen molar-refractivity contribution in [1.82, 2.24) is 10.4 Å². The van der Waals surface area contributed by atoms with Gasteiger partial charge in [0.15, 0.2) is 5.78 Å². The number of allylic oxidation sites excluding steroid dienone is 1. The van der Waals surface area contributed by atoms with E-state index < -0.39 is 0 Å². The van der Waals surface area contributed by atoms with Crippen LogP contribution in [0.5, 0.6) is 0 Å². The Bertz CT molecular complexity index is 224. The van der Waals surface area contributed by atoms with Gasteiger partial charge in [0, 0.05) is 24.7 Å². The first-order valence-electron chi connectivity index (χ1n) is 6.08. The van der Waals surface area contributed by atoms with Gasteiger partial charge in [0.1, 0.15) is 0 Å². The zero-order chi connectivity index (χ0) is 12.7. The van der Waals surface area contributed by atoms with Gasteiger partial charge in [-0.3, -0.25) is 4.79 Å². The zero-order valence-corrected chi connectivity index (χ0v) is 11.4. The van der Waals surface area contributed by atoms with Gasteiger partial charge < -0.3 is 5.43 Å². The zero-order valence-electron chi connectivity index (χ0n) is 11.4. The van der Waals surface area contributed by atoms with Gasteiger partial charge in [0.2, 0.25) is 0 Å². The first-order valence-corrected chi connectivity index (χ1v) is 6.08. The van der Waals surface area contributed by atoms with Crippen LogP contribution in [0, 0.1) is 5.92 Å². The Hall–Kier alpha value is -0.830. The molecule has 0 aliphatic rings. The molecule has 0 fully saturated rings. The third kappa shape index (κ3) is 6.62. The third-order valence-electron chi connectivity index (χ3n) is 2.21. The van der Waals surface area contributed by atoms with Crippen LogP contribution in [0.4, 0.5) is 0 Å². The Morgan fingerprint density at radius 1 is 1.12 bits per heavy atom. The van der Waals surface area contributed by atoms with Crippen molar-refractivity contribution in [3.63, 3.8) is 0 Å². The van der Waals surface area contributed by atoms with Gasteiger partial charge in [-0.2, -0.15) is 0 Å². The standard InChI is InChI=1S/C13H26N2O/c1-10(2)9-13(16)7-8-14-15(11(3)4)12(5)6/h7-8,10-12,14H,9H2,1-6H3/b8-7-. The van der Waals surface area contributed by atoms with Crippen LogP contribution < -0.4 is 5.43 Å². The minimum Gasteiger partial charge on any atom is -0.326 e. The second-order valence-electron chi connectivity index (χ2n) is 5.12. The van der Waals surface area contributed by atoms with Gasteiger partial charge in [0.25, 0.3) is 0 Å². The Morgan fingerprint density at radius 3 is 2.00 bits per heavy atom. The molecule has 1 N–H and O–H groups in total. The molecule has 0 aromatic carbocycles. The molecular weight excluding hydrogens is 200 g/mol. The molecule has 0 spiro atoms. The van der Waals surface area contributed by atoms with E-state index in [1.807, 2.05) is 13.8 Å². The summed E-state index contributed by atoms with van der Waals surface area (Å²) >= 11 is 0. The van der Waals surface area contributed by atoms with Crippen molar-refractivity contribution in [2.24, 2.45) is 5.92 Å². The molecule has 0 saturated carbocycles. The molecule has 3 nitrogen and oxygen atoms in total. The van der Waals surface area contributed by atoms with Crippen LogP contribution in [0.3, 0.4) is 0 Å². The van der Waals surface area contributed by atoms with Crippen molar-refractivity contribution in [1.29, 1.82) is 0 Å². The lowest BCUT2D eigenvalue weighted by molar-refractivity contribution is -0.115. The third-order valence-corrected chi connectivity index (χ3v) is 2.21. The second-order valence-corrected chi connectivity index (χ2v) is 5.12. The molecule has 0 radical (unpaired) electrons. The Balaban J connectivity index is 4.10. The maximum Gasteiger partial charge on any atom is 0.157 e. The monoisotopic (exact) mass is 226 g/mol. The topological polar surface area (TPSA) is 32.3 Å². The minimum absolute atomic E-state index is 0.176. The number of hydrogen-bond acceptors (Lipinski definition) is 3. The molecule has 0 bridgehead atoms. The SMILES string of the molecule is CC(C)CC(=O)/C=C\NN(C(C)C)C(C)C. The summed E-state index contributed by atoms with van der Waals surface area (Å²) in [6.45, 7) is 12.6. The predicted molar refractivity (Wildman–Crippen MR) is 68.8 cm³/mol. The van der Waals surface area contributed by atoms with Crippen LogP contribution in [0.25, 0.3) is 0 Å². The van der Waals surface area contributed by atoms with Crippen molar-refractivity contribution >= 4 is 5.78 Å². The van der Waals surface area contributed by atoms with Gasteiger partial charge >= 0.3 is 0 Å². The van der Waals surface area contributed by atoms with Crippen LogP contribution in [0.15, 0.2) is 12.3 Å². The number of nitrogens with one attached hydrogen (secondary N) is 1. The van der Waals surface area contributed by atoms with E-state index in [-0.39, 0.29) is 5.78 Å². The molecule has 0 aliphatic heterocycles. The molecule has 0 saturated heterocycles. The Kier molecular flexibility index (Phi) is 7.06. The smallest absolute Gasteiger partial charge is 0.157 e. The second kappa shape index (κ2) is 7.44. The lowest BCUT2D eigenvalue weighted by Gasteiger charge is -2.30. The molecule has 0 amide bonds. The molecule has 0 unspecified atom stereocenters. The van der Waals surface area contributed by atoms with Gasteiger partial charge in [-0.25, -0.2) is 5.01 Å². The predicted octanol–water partition coefficient (Wildman–Crippen LogP) is 2.74. The first-order chi connectivity index (χ1) is 7.34. The molecule has 0 aromatic rings. The fourth-order valence-electron chi connectivity index (χ4n) is 1.58. The summed E-state index contributed by atoms with van der Waals surface area (Å²) in [7, 11) is 0. The molecule has 0 aliphatic carbocycles. The highest BCUT2D eigenvalue weighted by atomic mass is 16.1. The van der Waals surface area contributed by atoms with E-state index in [2.05, 4.69) is 38.1 Å². The molecule has 0 atom stereocenters.